The maximum Gasteiger partial charge on any atom is 0.164 e. The summed E-state index contributed by atoms with van der Waals surface area (Å²) in [5.41, 5.74) is 6.02. The highest BCUT2D eigenvalue weighted by molar-refractivity contribution is 6.13. The van der Waals surface area contributed by atoms with E-state index in [1.165, 1.54) is 0 Å². The van der Waals surface area contributed by atoms with E-state index >= 15 is 0 Å². The molecule has 0 amide bonds. The zero-order valence-corrected chi connectivity index (χ0v) is 11.4. The number of hydrogen-bond acceptors (Lipinski definition) is 5. The topological polar surface area (TPSA) is 92.5 Å². The second-order valence-electron chi connectivity index (χ2n) is 4.72. The van der Waals surface area contributed by atoms with Crippen molar-refractivity contribution in [2.75, 3.05) is 13.7 Å². The Morgan fingerprint density at radius 1 is 1.50 bits per heavy atom. The van der Waals surface area contributed by atoms with E-state index < -0.39 is 0 Å². The second kappa shape index (κ2) is 4.64. The SMILES string of the molecule is COc1ccc2[nH]c3c(c2c1C(C)=O)CCN=C3NN. The highest BCUT2D eigenvalue weighted by Gasteiger charge is 2.24. The first-order valence-corrected chi connectivity index (χ1v) is 6.41. The predicted molar refractivity (Wildman–Crippen MR) is 77.3 cm³/mol. The van der Waals surface area contributed by atoms with Crippen LogP contribution in [-0.2, 0) is 6.42 Å². The molecule has 4 N–H and O–H groups in total. The number of nitrogens with zero attached hydrogens (tertiary/aromatic N) is 1. The summed E-state index contributed by atoms with van der Waals surface area (Å²) >= 11 is 0. The number of benzene rings is 1. The number of nitrogens with one attached hydrogen (secondary N) is 2. The molecule has 2 heterocycles. The molecule has 0 saturated carbocycles. The monoisotopic (exact) mass is 272 g/mol. The smallest absolute Gasteiger partial charge is 0.164 e. The summed E-state index contributed by atoms with van der Waals surface area (Å²) in [6, 6.07) is 3.71. The molecule has 104 valence electrons. The van der Waals surface area contributed by atoms with Gasteiger partial charge in [-0.15, -0.1) is 0 Å². The molecule has 0 saturated heterocycles. The number of nitrogens with two attached hydrogens (primary N) is 1. The number of amidine groups is 1. The Morgan fingerprint density at radius 2 is 2.30 bits per heavy atom. The number of Topliss-reactive ketones (excluding diaryl/α,β-unsaturated/α-hetero) is 1. The molecule has 1 aromatic carbocycles. The molecule has 1 aliphatic rings. The lowest BCUT2D eigenvalue weighted by molar-refractivity contribution is 0.101. The van der Waals surface area contributed by atoms with Crippen LogP contribution in [0.4, 0.5) is 0 Å². The summed E-state index contributed by atoms with van der Waals surface area (Å²) in [5, 5.41) is 0.912. The van der Waals surface area contributed by atoms with Crippen LogP contribution in [0.3, 0.4) is 0 Å². The Kier molecular flexibility index (Phi) is 2.94. The average Bonchev–Trinajstić information content (AvgIpc) is 2.84. The standard InChI is InChI=1S/C14H16N4O2/c1-7(19)11-10(20-2)4-3-9-12(11)8-5-6-16-14(18-15)13(8)17-9/h3-4,17H,5-6,15H2,1-2H3,(H,16,18). The van der Waals surface area contributed by atoms with Crippen LogP contribution in [0.2, 0.25) is 0 Å². The third-order valence-electron chi connectivity index (χ3n) is 3.61. The summed E-state index contributed by atoms with van der Waals surface area (Å²) in [5.74, 6) is 6.70. The van der Waals surface area contributed by atoms with Crippen LogP contribution in [0.25, 0.3) is 10.9 Å². The van der Waals surface area contributed by atoms with Crippen molar-refractivity contribution < 1.29 is 9.53 Å². The fourth-order valence-corrected chi connectivity index (χ4v) is 2.78. The number of aliphatic imine (C=N–C) groups is 1. The summed E-state index contributed by atoms with van der Waals surface area (Å²) in [6.07, 6.45) is 0.772. The van der Waals surface area contributed by atoms with Gasteiger partial charge in [0.15, 0.2) is 11.6 Å². The zero-order chi connectivity index (χ0) is 14.3. The van der Waals surface area contributed by atoms with Gasteiger partial charge >= 0.3 is 0 Å². The van der Waals surface area contributed by atoms with Gasteiger partial charge in [-0.1, -0.05) is 0 Å². The lowest BCUT2D eigenvalue weighted by Crippen LogP contribution is -2.34. The van der Waals surface area contributed by atoms with Crippen LogP contribution in [0.1, 0.15) is 28.5 Å². The number of aromatic nitrogens is 1. The molecule has 0 atom stereocenters. The highest BCUT2D eigenvalue weighted by atomic mass is 16.5. The first-order valence-electron chi connectivity index (χ1n) is 6.41. The number of methoxy groups -OCH3 is 1. The van der Waals surface area contributed by atoms with Gasteiger partial charge in [0.2, 0.25) is 0 Å². The lowest BCUT2D eigenvalue weighted by Gasteiger charge is -2.13. The van der Waals surface area contributed by atoms with Gasteiger partial charge in [0.1, 0.15) is 5.75 Å². The van der Waals surface area contributed by atoms with Crippen molar-refractivity contribution in [3.05, 3.63) is 29.0 Å². The molecule has 0 aliphatic carbocycles. The van der Waals surface area contributed by atoms with Gasteiger partial charge in [0.25, 0.3) is 0 Å². The van der Waals surface area contributed by atoms with E-state index in [0.29, 0.717) is 23.7 Å². The Labute approximate surface area is 116 Å². The number of ketones is 1. The normalized spacial score (nSPS) is 13.8. The largest absolute Gasteiger partial charge is 0.496 e. The number of ether oxygens (including phenoxy) is 1. The van der Waals surface area contributed by atoms with Crippen LogP contribution in [0.5, 0.6) is 5.75 Å². The molecular weight excluding hydrogens is 256 g/mol. The van der Waals surface area contributed by atoms with Gasteiger partial charge in [0.05, 0.1) is 18.4 Å². The van der Waals surface area contributed by atoms with Crippen LogP contribution < -0.4 is 16.0 Å². The molecule has 20 heavy (non-hydrogen) atoms. The number of hydrazine groups is 1. The Bertz CT molecular complexity index is 730. The van der Waals surface area contributed by atoms with Crippen LogP contribution in [0.15, 0.2) is 17.1 Å². The molecule has 6 heteroatoms. The zero-order valence-electron chi connectivity index (χ0n) is 11.4. The molecule has 3 rings (SSSR count). The minimum atomic E-state index is -0.0148. The first-order chi connectivity index (χ1) is 9.67. The summed E-state index contributed by atoms with van der Waals surface area (Å²) in [4.78, 5) is 19.6. The Hall–Kier alpha value is -2.34. The fraction of sp³-hybridized carbons (Fsp3) is 0.286. The number of carbonyl (C=O) groups excluding carboxylic acids is 1. The molecule has 0 fully saturated rings. The van der Waals surface area contributed by atoms with E-state index in [4.69, 9.17) is 10.6 Å². The first kappa shape index (κ1) is 12.7. The molecule has 0 spiro atoms. The van der Waals surface area contributed by atoms with Gasteiger partial charge in [-0.25, -0.2) is 5.84 Å². The van der Waals surface area contributed by atoms with Crippen molar-refractivity contribution in [1.29, 1.82) is 0 Å². The number of carbonyl (C=O) groups is 1. The maximum absolute atomic E-state index is 12.0. The molecule has 0 bridgehead atoms. The average molecular weight is 272 g/mol. The number of H-pyrrole nitrogens is 1. The lowest BCUT2D eigenvalue weighted by atomic mass is 9.98. The van der Waals surface area contributed by atoms with Crippen LogP contribution in [-0.4, -0.2) is 30.3 Å². The van der Waals surface area contributed by atoms with Gasteiger partial charge in [0, 0.05) is 17.4 Å². The fourth-order valence-electron chi connectivity index (χ4n) is 2.78. The summed E-state index contributed by atoms with van der Waals surface area (Å²) < 4.78 is 5.32. The highest BCUT2D eigenvalue weighted by Crippen LogP contribution is 2.34. The minimum absolute atomic E-state index is 0.0148. The van der Waals surface area contributed by atoms with E-state index in [1.54, 1.807) is 20.1 Å². The number of hydrogen-bond donors (Lipinski definition) is 3. The van der Waals surface area contributed by atoms with Gasteiger partial charge in [-0.2, -0.15) is 0 Å². The minimum Gasteiger partial charge on any atom is -0.496 e. The number of aromatic amines is 1. The molecule has 2 aromatic rings. The van der Waals surface area contributed by atoms with E-state index in [1.807, 2.05) is 6.07 Å². The van der Waals surface area contributed by atoms with E-state index in [9.17, 15) is 4.79 Å². The predicted octanol–water partition coefficient (Wildman–Crippen LogP) is 1.15. The quantitative estimate of drug-likeness (QED) is 0.434. The number of fused-ring (bicyclic) bond motifs is 3. The number of rotatable bonds is 2. The van der Waals surface area contributed by atoms with Crippen molar-refractivity contribution in [1.82, 2.24) is 10.4 Å². The molecule has 1 aliphatic heterocycles. The van der Waals surface area contributed by atoms with Gasteiger partial charge < -0.3 is 15.1 Å². The van der Waals surface area contributed by atoms with Crippen LogP contribution >= 0.6 is 0 Å². The van der Waals surface area contributed by atoms with Crippen molar-refractivity contribution in [3.63, 3.8) is 0 Å². The molecular formula is C14H16N4O2. The third-order valence-corrected chi connectivity index (χ3v) is 3.61. The van der Waals surface area contributed by atoms with Gasteiger partial charge in [-0.05, 0) is 31.0 Å². The summed E-state index contributed by atoms with van der Waals surface area (Å²) in [6.45, 7) is 2.20. The van der Waals surface area contributed by atoms with Gasteiger partial charge in [-0.3, -0.25) is 9.79 Å². The molecule has 0 radical (unpaired) electrons. The van der Waals surface area contributed by atoms with E-state index in [-0.39, 0.29) is 5.78 Å². The second-order valence-corrected chi connectivity index (χ2v) is 4.72. The van der Waals surface area contributed by atoms with Crippen molar-refractivity contribution >= 4 is 22.5 Å². The summed E-state index contributed by atoms with van der Waals surface area (Å²) in [7, 11) is 1.57. The Balaban J connectivity index is 2.38. The molecule has 1 aromatic heterocycles. The van der Waals surface area contributed by atoms with Crippen molar-refractivity contribution in [2.45, 2.75) is 13.3 Å². The van der Waals surface area contributed by atoms with Crippen LogP contribution in [0, 0.1) is 0 Å². The van der Waals surface area contributed by atoms with Crippen molar-refractivity contribution in [3.8, 4) is 5.75 Å². The van der Waals surface area contributed by atoms with E-state index in [2.05, 4.69) is 15.4 Å². The third kappa shape index (κ3) is 1.69. The molecule has 6 nitrogen and oxygen atoms in total. The Morgan fingerprint density at radius 3 is 2.95 bits per heavy atom. The van der Waals surface area contributed by atoms with Crippen molar-refractivity contribution in [2.24, 2.45) is 10.8 Å². The van der Waals surface area contributed by atoms with E-state index in [0.717, 1.165) is 28.6 Å². The maximum atomic E-state index is 12.0. The molecule has 0 unspecified atom stereocenters.